The van der Waals surface area contributed by atoms with Gasteiger partial charge in [0.1, 0.15) is 0 Å². The summed E-state index contributed by atoms with van der Waals surface area (Å²) in [6.45, 7) is 4.38. The van der Waals surface area contributed by atoms with Crippen LogP contribution < -0.4 is 0 Å². The number of hydrogen-bond acceptors (Lipinski definition) is 3. The van der Waals surface area contributed by atoms with Crippen LogP contribution in [-0.2, 0) is 20.3 Å². The van der Waals surface area contributed by atoms with Crippen molar-refractivity contribution in [1.29, 1.82) is 0 Å². The minimum absolute atomic E-state index is 0.116. The summed E-state index contributed by atoms with van der Waals surface area (Å²) in [5.41, 5.74) is 0. The molecule has 0 aromatic carbocycles. The van der Waals surface area contributed by atoms with Crippen LogP contribution in [0.25, 0.3) is 0 Å². The first kappa shape index (κ1) is 15.6. The van der Waals surface area contributed by atoms with Crippen LogP contribution in [0.15, 0.2) is 0 Å². The van der Waals surface area contributed by atoms with Gasteiger partial charge in [0.05, 0.1) is 6.61 Å². The summed E-state index contributed by atoms with van der Waals surface area (Å²) in [6.07, 6.45) is 5.43. The summed E-state index contributed by atoms with van der Waals surface area (Å²) in [7, 11) is -0.654. The first-order chi connectivity index (χ1) is 7.70. The molecular weight excluding hydrogens is 224 g/mol. The second kappa shape index (κ2) is 11.1. The molecular formula is C12H24O3S. The van der Waals surface area contributed by atoms with Crippen LogP contribution in [0.4, 0.5) is 0 Å². The lowest BCUT2D eigenvalue weighted by atomic mass is 10.2. The summed E-state index contributed by atoms with van der Waals surface area (Å²) in [5, 5.41) is 0. The van der Waals surface area contributed by atoms with Crippen molar-refractivity contribution in [3.05, 3.63) is 0 Å². The third kappa shape index (κ3) is 10.1. The molecule has 1 atom stereocenters. The molecule has 0 amide bonds. The maximum atomic E-state index is 11.4. The molecule has 0 spiro atoms. The summed E-state index contributed by atoms with van der Waals surface area (Å²) < 4.78 is 16.2. The Morgan fingerprint density at radius 3 is 2.38 bits per heavy atom. The molecule has 0 aliphatic heterocycles. The van der Waals surface area contributed by atoms with E-state index < -0.39 is 10.8 Å². The van der Waals surface area contributed by atoms with Crippen molar-refractivity contribution in [2.45, 2.75) is 52.4 Å². The molecule has 0 saturated heterocycles. The van der Waals surface area contributed by atoms with E-state index in [2.05, 4.69) is 6.92 Å². The first-order valence-electron chi connectivity index (χ1n) is 6.21. The Morgan fingerprint density at radius 2 is 1.75 bits per heavy atom. The van der Waals surface area contributed by atoms with Gasteiger partial charge < -0.3 is 4.74 Å². The van der Waals surface area contributed by atoms with Gasteiger partial charge in [-0.15, -0.1) is 0 Å². The normalized spacial score (nSPS) is 12.4. The minimum atomic E-state index is -0.654. The highest BCUT2D eigenvalue weighted by molar-refractivity contribution is 7.84. The Kier molecular flexibility index (Phi) is 10.9. The Balaban J connectivity index is 3.26. The van der Waals surface area contributed by atoms with Crippen LogP contribution in [-0.4, -0.2) is 28.3 Å². The van der Waals surface area contributed by atoms with E-state index in [1.54, 1.807) is 0 Å². The van der Waals surface area contributed by atoms with Crippen molar-refractivity contribution < 1.29 is 13.7 Å². The topological polar surface area (TPSA) is 43.4 Å². The lowest BCUT2D eigenvalue weighted by molar-refractivity contribution is -0.143. The van der Waals surface area contributed by atoms with Crippen molar-refractivity contribution in [1.82, 2.24) is 0 Å². The fraction of sp³-hybridized carbons (Fsp3) is 0.917. The Morgan fingerprint density at radius 1 is 1.06 bits per heavy atom. The van der Waals surface area contributed by atoms with E-state index in [-0.39, 0.29) is 5.97 Å². The van der Waals surface area contributed by atoms with E-state index in [9.17, 15) is 9.00 Å². The van der Waals surface area contributed by atoms with Gasteiger partial charge >= 0.3 is 5.97 Å². The average molecular weight is 248 g/mol. The van der Waals surface area contributed by atoms with Gasteiger partial charge in [0, 0.05) is 28.7 Å². The lowest BCUT2D eigenvalue weighted by Crippen LogP contribution is -2.05. The maximum absolute atomic E-state index is 11.4. The molecule has 0 aliphatic rings. The maximum Gasteiger partial charge on any atom is 0.305 e. The second-order valence-corrected chi connectivity index (χ2v) is 5.51. The number of carbonyl (C=O) groups excluding carboxylic acids is 1. The fourth-order valence-electron chi connectivity index (χ4n) is 1.35. The van der Waals surface area contributed by atoms with E-state index in [0.717, 1.165) is 43.6 Å². The van der Waals surface area contributed by atoms with Crippen molar-refractivity contribution in [3.8, 4) is 0 Å². The van der Waals surface area contributed by atoms with Crippen LogP contribution in [0, 0.1) is 0 Å². The smallest absolute Gasteiger partial charge is 0.305 e. The number of esters is 1. The molecule has 3 nitrogen and oxygen atoms in total. The quantitative estimate of drug-likeness (QED) is 0.441. The van der Waals surface area contributed by atoms with Gasteiger partial charge in [0.25, 0.3) is 0 Å². The Bertz CT molecular complexity index is 204. The third-order valence-electron chi connectivity index (χ3n) is 2.28. The zero-order valence-electron chi connectivity index (χ0n) is 10.5. The van der Waals surface area contributed by atoms with Gasteiger partial charge in [0.2, 0.25) is 0 Å². The molecule has 96 valence electrons. The number of carbonyl (C=O) groups is 1. The molecule has 0 bridgehead atoms. The molecule has 0 aromatic rings. The van der Waals surface area contributed by atoms with E-state index in [1.165, 1.54) is 0 Å². The molecule has 1 unspecified atom stereocenters. The van der Waals surface area contributed by atoms with E-state index >= 15 is 0 Å². The highest BCUT2D eigenvalue weighted by Gasteiger charge is 2.02. The summed E-state index contributed by atoms with van der Waals surface area (Å²) in [6, 6.07) is 0. The van der Waals surface area contributed by atoms with Crippen LogP contribution in [0.2, 0.25) is 0 Å². The third-order valence-corrected chi connectivity index (χ3v) is 3.77. The number of rotatable bonds is 10. The summed E-state index contributed by atoms with van der Waals surface area (Å²) >= 11 is 0. The predicted molar refractivity (Wildman–Crippen MR) is 67.9 cm³/mol. The zero-order chi connectivity index (χ0) is 12.2. The number of hydrogen-bond donors (Lipinski definition) is 0. The molecule has 0 heterocycles. The van der Waals surface area contributed by atoms with Gasteiger partial charge in [-0.2, -0.15) is 0 Å². The van der Waals surface area contributed by atoms with Crippen LogP contribution in [0.3, 0.4) is 0 Å². The van der Waals surface area contributed by atoms with Gasteiger partial charge in [-0.3, -0.25) is 9.00 Å². The van der Waals surface area contributed by atoms with Crippen molar-refractivity contribution >= 4 is 16.8 Å². The van der Waals surface area contributed by atoms with Crippen LogP contribution in [0.1, 0.15) is 52.4 Å². The summed E-state index contributed by atoms with van der Waals surface area (Å²) in [4.78, 5) is 11.0. The van der Waals surface area contributed by atoms with E-state index in [0.29, 0.717) is 13.0 Å². The molecule has 0 radical (unpaired) electrons. The number of ether oxygens (including phenoxy) is 1. The molecule has 0 aliphatic carbocycles. The molecule has 0 N–H and O–H groups in total. The minimum Gasteiger partial charge on any atom is -0.466 e. The predicted octanol–water partition coefficient (Wildman–Crippen LogP) is 2.66. The zero-order valence-corrected chi connectivity index (χ0v) is 11.3. The summed E-state index contributed by atoms with van der Waals surface area (Å²) in [5.74, 6) is 1.49. The number of unbranched alkanes of at least 4 members (excludes halogenated alkanes) is 3. The van der Waals surface area contributed by atoms with Crippen LogP contribution in [0.5, 0.6) is 0 Å². The average Bonchev–Trinajstić information content (AvgIpc) is 2.26. The van der Waals surface area contributed by atoms with Gasteiger partial charge in [0.15, 0.2) is 0 Å². The van der Waals surface area contributed by atoms with E-state index in [4.69, 9.17) is 4.74 Å². The van der Waals surface area contributed by atoms with Crippen molar-refractivity contribution in [2.24, 2.45) is 0 Å². The van der Waals surface area contributed by atoms with E-state index in [1.807, 2.05) is 6.92 Å². The van der Waals surface area contributed by atoms with Crippen molar-refractivity contribution in [2.75, 3.05) is 18.1 Å². The van der Waals surface area contributed by atoms with Gasteiger partial charge in [-0.1, -0.05) is 19.8 Å². The Labute approximate surface area is 101 Å². The SMILES string of the molecule is CCCCS(=O)CCCCCC(=O)OCC. The molecule has 16 heavy (non-hydrogen) atoms. The molecule has 4 heteroatoms. The van der Waals surface area contributed by atoms with Crippen LogP contribution >= 0.6 is 0 Å². The lowest BCUT2D eigenvalue weighted by Gasteiger charge is -2.02. The highest BCUT2D eigenvalue weighted by atomic mass is 32.2. The molecule has 0 rings (SSSR count). The highest BCUT2D eigenvalue weighted by Crippen LogP contribution is 2.03. The first-order valence-corrected chi connectivity index (χ1v) is 7.70. The largest absolute Gasteiger partial charge is 0.466 e. The molecule has 0 aromatic heterocycles. The standard InChI is InChI=1S/C12H24O3S/c1-3-5-10-16(14)11-8-6-7-9-12(13)15-4-2/h3-11H2,1-2H3. The second-order valence-electron chi connectivity index (χ2n) is 3.82. The van der Waals surface area contributed by atoms with Gasteiger partial charge in [-0.05, 0) is 26.2 Å². The molecule has 0 saturated carbocycles. The fourth-order valence-corrected chi connectivity index (χ4v) is 2.69. The molecule has 0 fully saturated rings. The van der Waals surface area contributed by atoms with Crippen molar-refractivity contribution in [3.63, 3.8) is 0 Å². The Hall–Kier alpha value is -0.380. The van der Waals surface area contributed by atoms with Gasteiger partial charge in [-0.25, -0.2) is 0 Å². The monoisotopic (exact) mass is 248 g/mol.